The van der Waals surface area contributed by atoms with Crippen molar-refractivity contribution in [1.29, 1.82) is 0 Å². The Hall–Kier alpha value is -7.40. The van der Waals surface area contributed by atoms with E-state index in [2.05, 4.69) is 82.0 Å². The van der Waals surface area contributed by atoms with Crippen LogP contribution in [0.2, 0.25) is 0 Å². The van der Waals surface area contributed by atoms with Crippen molar-refractivity contribution in [1.82, 2.24) is 0 Å². The Morgan fingerprint density at radius 2 is 0.596 bits per heavy atom. The zero-order valence-electron chi connectivity index (χ0n) is 28.2. The van der Waals surface area contributed by atoms with Gasteiger partial charge in [-0.1, -0.05) is 96.5 Å². The van der Waals surface area contributed by atoms with E-state index in [1.165, 1.54) is 0 Å². The molecule has 0 unspecified atom stereocenters. The summed E-state index contributed by atoms with van der Waals surface area (Å²) < 4.78 is 0. The van der Waals surface area contributed by atoms with Crippen molar-refractivity contribution in [3.63, 3.8) is 0 Å². The number of hydrogen-bond acceptors (Lipinski definition) is 4. The van der Waals surface area contributed by atoms with Crippen LogP contribution in [0.4, 0.5) is 34.1 Å². The normalized spacial score (nSPS) is 10.2. The molecule has 4 heteroatoms. The van der Waals surface area contributed by atoms with E-state index < -0.39 is 0 Å². The van der Waals surface area contributed by atoms with Gasteiger partial charge in [0.1, 0.15) is 0 Å². The van der Waals surface area contributed by atoms with Crippen molar-refractivity contribution in [2.45, 2.75) is 0 Å². The van der Waals surface area contributed by atoms with Gasteiger partial charge in [-0.3, -0.25) is 9.59 Å². The largest absolute Gasteiger partial charge is 0.311 e. The third-order valence-corrected chi connectivity index (χ3v) is 8.47. The summed E-state index contributed by atoms with van der Waals surface area (Å²) in [7, 11) is 0. The molecule has 0 N–H and O–H groups in total. The molecule has 246 valence electrons. The van der Waals surface area contributed by atoms with Gasteiger partial charge < -0.3 is 9.80 Å². The van der Waals surface area contributed by atoms with E-state index in [-0.39, 0.29) is 0 Å². The molecule has 7 rings (SSSR count). The van der Waals surface area contributed by atoms with Crippen LogP contribution in [0.25, 0.3) is 0 Å². The minimum atomic E-state index is 0.370. The lowest BCUT2D eigenvalue weighted by Gasteiger charge is -2.25. The van der Waals surface area contributed by atoms with Crippen LogP contribution in [-0.2, 0) is 0 Å². The lowest BCUT2D eigenvalue weighted by Crippen LogP contribution is -2.09. The molecule has 0 aliphatic heterocycles. The predicted molar refractivity (Wildman–Crippen MR) is 211 cm³/mol. The first-order chi connectivity index (χ1) is 25.7. The second-order valence-corrected chi connectivity index (χ2v) is 11.9. The van der Waals surface area contributed by atoms with Crippen molar-refractivity contribution >= 4 is 46.7 Å². The van der Waals surface area contributed by atoms with Gasteiger partial charge in [0.2, 0.25) is 0 Å². The van der Waals surface area contributed by atoms with Crippen LogP contribution in [0.15, 0.2) is 182 Å². The highest BCUT2D eigenvalue weighted by Crippen LogP contribution is 2.35. The monoisotopic (exact) mass is 668 g/mol. The first-order valence-electron chi connectivity index (χ1n) is 16.8. The van der Waals surface area contributed by atoms with E-state index >= 15 is 0 Å². The number of rotatable bonds is 8. The third kappa shape index (κ3) is 7.58. The molecule has 7 aromatic carbocycles. The first kappa shape index (κ1) is 33.1. The topological polar surface area (TPSA) is 40.6 Å². The Labute approximate surface area is 304 Å². The Kier molecular flexibility index (Phi) is 10.1. The van der Waals surface area contributed by atoms with Crippen molar-refractivity contribution in [3.8, 4) is 23.7 Å². The minimum absolute atomic E-state index is 0.370. The fourth-order valence-electron chi connectivity index (χ4n) is 5.91. The van der Waals surface area contributed by atoms with E-state index in [1.54, 1.807) is 12.1 Å². The molecule has 0 atom stereocenters. The van der Waals surface area contributed by atoms with Crippen molar-refractivity contribution in [2.75, 3.05) is 9.80 Å². The molecule has 4 nitrogen and oxygen atoms in total. The van der Waals surface area contributed by atoms with Crippen molar-refractivity contribution in [3.05, 3.63) is 215 Å². The summed E-state index contributed by atoms with van der Waals surface area (Å²) in [5.41, 5.74) is 9.38. The molecule has 0 aliphatic carbocycles. The van der Waals surface area contributed by atoms with Gasteiger partial charge in [-0.15, -0.1) is 0 Å². The number of carbonyl (C=O) groups is 2. The lowest BCUT2D eigenvalue weighted by atomic mass is 9.99. The summed E-state index contributed by atoms with van der Waals surface area (Å²) in [5.74, 6) is 12.5. The molecule has 0 aliphatic rings. The molecule has 0 spiro atoms. The number of anilines is 6. The van der Waals surface area contributed by atoms with Crippen LogP contribution in [0.5, 0.6) is 0 Å². The van der Waals surface area contributed by atoms with E-state index in [9.17, 15) is 9.59 Å². The summed E-state index contributed by atoms with van der Waals surface area (Å²) in [5, 5.41) is 0. The number of hydrogen-bond donors (Lipinski definition) is 0. The molecule has 7 aromatic rings. The maximum atomic E-state index is 12.2. The lowest BCUT2D eigenvalue weighted by molar-refractivity contribution is 0.111. The number of aldehydes is 2. The highest BCUT2D eigenvalue weighted by Gasteiger charge is 2.13. The van der Waals surface area contributed by atoms with Gasteiger partial charge >= 0.3 is 0 Å². The van der Waals surface area contributed by atoms with Crippen LogP contribution in [0.1, 0.15) is 43.0 Å². The van der Waals surface area contributed by atoms with Crippen LogP contribution >= 0.6 is 0 Å². The van der Waals surface area contributed by atoms with Gasteiger partial charge in [0.25, 0.3) is 0 Å². The zero-order valence-corrected chi connectivity index (χ0v) is 28.2. The second kappa shape index (κ2) is 15.9. The summed E-state index contributed by atoms with van der Waals surface area (Å²) in [6, 6.07) is 59.9. The smallest absolute Gasteiger partial charge is 0.151 e. The molecule has 0 aromatic heterocycles. The molecule has 0 saturated carbocycles. The highest BCUT2D eigenvalue weighted by atomic mass is 16.1. The van der Waals surface area contributed by atoms with Crippen LogP contribution in [-0.4, -0.2) is 12.6 Å². The van der Waals surface area contributed by atoms with Gasteiger partial charge in [-0.05, 0) is 109 Å². The highest BCUT2D eigenvalue weighted by molar-refractivity contribution is 5.87. The average Bonchev–Trinajstić information content (AvgIpc) is 3.22. The third-order valence-electron chi connectivity index (χ3n) is 8.47. The standard InChI is InChI=1S/C48H32N2O2/c51-35-41-34-40(28-22-38-25-31-48(32-26-38)50(45-17-9-3-10-18-45)46-19-11-4-12-20-46)42(36-52)33-39(41)27-21-37-23-29-47(30-24-37)49(43-13-5-1-6-14-43)44-15-7-2-8-16-44/h1-20,23-26,29-36H. The zero-order chi connectivity index (χ0) is 35.5. The molecule has 0 amide bonds. The van der Waals surface area contributed by atoms with E-state index in [0.717, 1.165) is 57.8 Å². The summed E-state index contributed by atoms with van der Waals surface area (Å²) in [6.07, 6.45) is 1.50. The van der Waals surface area contributed by atoms with E-state index in [1.807, 2.05) is 121 Å². The van der Waals surface area contributed by atoms with Crippen LogP contribution in [0.3, 0.4) is 0 Å². The number of carbonyl (C=O) groups excluding carboxylic acids is 2. The number of benzene rings is 7. The summed E-state index contributed by atoms with van der Waals surface area (Å²) in [6.45, 7) is 0. The molecule has 0 fully saturated rings. The van der Waals surface area contributed by atoms with Crippen molar-refractivity contribution in [2.24, 2.45) is 0 Å². The SMILES string of the molecule is O=Cc1cc(C#Cc2ccc(N(c3ccccc3)c3ccccc3)cc2)c(C=O)cc1C#Cc1ccc(N(c2ccccc2)c2ccccc2)cc1. The molecule has 0 bridgehead atoms. The molecular formula is C48H32N2O2. The first-order valence-corrected chi connectivity index (χ1v) is 16.8. The number of para-hydroxylation sites is 4. The fraction of sp³-hybridized carbons (Fsp3) is 0. The summed E-state index contributed by atoms with van der Waals surface area (Å²) >= 11 is 0. The average molecular weight is 669 g/mol. The van der Waals surface area contributed by atoms with Gasteiger partial charge in [0.05, 0.1) is 0 Å². The van der Waals surface area contributed by atoms with Crippen LogP contribution in [0, 0.1) is 23.7 Å². The minimum Gasteiger partial charge on any atom is -0.311 e. The van der Waals surface area contributed by atoms with Gasteiger partial charge in [-0.2, -0.15) is 0 Å². The van der Waals surface area contributed by atoms with Crippen molar-refractivity contribution < 1.29 is 9.59 Å². The Balaban J connectivity index is 1.13. The Morgan fingerprint density at radius 1 is 0.327 bits per heavy atom. The van der Waals surface area contributed by atoms with Gasteiger partial charge in [0.15, 0.2) is 12.6 Å². The predicted octanol–water partition coefficient (Wildman–Crippen LogP) is 11.1. The van der Waals surface area contributed by atoms with Gasteiger partial charge in [0, 0.05) is 67.5 Å². The molecular weight excluding hydrogens is 637 g/mol. The molecule has 0 radical (unpaired) electrons. The second-order valence-electron chi connectivity index (χ2n) is 11.9. The van der Waals surface area contributed by atoms with E-state index in [4.69, 9.17) is 0 Å². The van der Waals surface area contributed by atoms with Gasteiger partial charge in [-0.25, -0.2) is 0 Å². The molecule has 0 heterocycles. The Morgan fingerprint density at radius 3 is 0.865 bits per heavy atom. The molecule has 0 saturated heterocycles. The van der Waals surface area contributed by atoms with E-state index in [0.29, 0.717) is 22.3 Å². The molecule has 52 heavy (non-hydrogen) atoms. The van der Waals surface area contributed by atoms with Crippen LogP contribution < -0.4 is 9.80 Å². The number of nitrogens with zero attached hydrogens (tertiary/aromatic N) is 2. The maximum Gasteiger partial charge on any atom is 0.151 e. The summed E-state index contributed by atoms with van der Waals surface area (Å²) in [4.78, 5) is 28.7. The maximum absolute atomic E-state index is 12.2. The Bertz CT molecular complexity index is 2170. The quantitative estimate of drug-likeness (QED) is 0.119. The fourth-order valence-corrected chi connectivity index (χ4v) is 5.91.